The van der Waals surface area contributed by atoms with Crippen molar-refractivity contribution in [2.75, 3.05) is 6.61 Å². The van der Waals surface area contributed by atoms with E-state index in [1.165, 1.54) is 18.3 Å². The second kappa shape index (κ2) is 11.7. The summed E-state index contributed by atoms with van der Waals surface area (Å²) < 4.78 is 25.2. The summed E-state index contributed by atoms with van der Waals surface area (Å²) in [6, 6.07) is 11.6. The summed E-state index contributed by atoms with van der Waals surface area (Å²) in [6.45, 7) is 1.93. The molecule has 13 heteroatoms. The number of carbonyl (C=O) groups is 1. The molecule has 3 aromatic carbocycles. The Kier molecular flexibility index (Phi) is 8.47. The maximum Gasteiger partial charge on any atom is 0.277 e. The van der Waals surface area contributed by atoms with Gasteiger partial charge in [0.15, 0.2) is 11.5 Å². The first-order valence-corrected chi connectivity index (χ1v) is 10.7. The highest BCUT2D eigenvalue weighted by Gasteiger charge is 2.19. The molecule has 0 bridgehead atoms. The number of halogens is 2. The fourth-order valence-electron chi connectivity index (χ4n) is 2.98. The lowest BCUT2D eigenvalue weighted by Crippen LogP contribution is -2.18. The molecule has 0 aromatic heterocycles. The van der Waals surface area contributed by atoms with Crippen LogP contribution in [-0.2, 0) is 6.61 Å². The zero-order valence-corrected chi connectivity index (χ0v) is 19.4. The molecule has 11 nitrogen and oxygen atoms in total. The number of benzene rings is 3. The average Bonchev–Trinajstić information content (AvgIpc) is 2.84. The number of nitrogens with one attached hydrogen (secondary N) is 1. The zero-order chi connectivity index (χ0) is 26.2. The van der Waals surface area contributed by atoms with Gasteiger partial charge in [0.2, 0.25) is 0 Å². The lowest BCUT2D eigenvalue weighted by atomic mass is 10.1. The van der Waals surface area contributed by atoms with Gasteiger partial charge in [-0.2, -0.15) is 5.10 Å². The van der Waals surface area contributed by atoms with E-state index in [1.807, 2.05) is 0 Å². The Hall–Kier alpha value is -4.58. The predicted molar refractivity (Wildman–Crippen MR) is 128 cm³/mol. The minimum Gasteiger partial charge on any atom is -0.490 e. The number of nitro benzene ring substituents is 2. The largest absolute Gasteiger partial charge is 0.490 e. The van der Waals surface area contributed by atoms with E-state index >= 15 is 0 Å². The fourth-order valence-corrected chi connectivity index (χ4v) is 3.20. The van der Waals surface area contributed by atoms with Crippen molar-refractivity contribution in [3.63, 3.8) is 0 Å². The highest BCUT2D eigenvalue weighted by Crippen LogP contribution is 2.30. The molecule has 1 amide bonds. The maximum atomic E-state index is 14.0. The summed E-state index contributed by atoms with van der Waals surface area (Å²) in [5.74, 6) is -0.741. The van der Waals surface area contributed by atoms with Gasteiger partial charge < -0.3 is 9.47 Å². The van der Waals surface area contributed by atoms with Crippen molar-refractivity contribution < 1.29 is 28.5 Å². The monoisotopic (exact) mass is 516 g/mol. The van der Waals surface area contributed by atoms with Crippen LogP contribution in [0.4, 0.5) is 15.8 Å². The Morgan fingerprint density at radius 1 is 1.06 bits per heavy atom. The lowest BCUT2D eigenvalue weighted by Gasteiger charge is -2.13. The van der Waals surface area contributed by atoms with Crippen LogP contribution in [0.15, 0.2) is 59.7 Å². The van der Waals surface area contributed by atoms with Crippen LogP contribution < -0.4 is 14.9 Å². The summed E-state index contributed by atoms with van der Waals surface area (Å²) in [6.07, 6.45) is 1.27. The minimum absolute atomic E-state index is 0.135. The fraction of sp³-hybridized carbons (Fsp3) is 0.130. The highest BCUT2D eigenvalue weighted by atomic mass is 35.5. The van der Waals surface area contributed by atoms with Crippen molar-refractivity contribution >= 4 is 35.1 Å². The van der Waals surface area contributed by atoms with Crippen molar-refractivity contribution in [3.05, 3.63) is 102 Å². The van der Waals surface area contributed by atoms with Crippen molar-refractivity contribution in [2.24, 2.45) is 5.10 Å². The number of rotatable bonds is 10. The Balaban J connectivity index is 1.74. The number of hydrogen-bond acceptors (Lipinski definition) is 8. The number of ether oxygens (including phenoxy) is 2. The number of nitrogens with zero attached hydrogens (tertiary/aromatic N) is 3. The Morgan fingerprint density at radius 3 is 2.36 bits per heavy atom. The van der Waals surface area contributed by atoms with Gasteiger partial charge in [0.05, 0.1) is 39.3 Å². The predicted octanol–water partition coefficient (Wildman–Crippen LogP) is 5.04. The first-order valence-electron chi connectivity index (χ1n) is 10.3. The number of carbonyl (C=O) groups excluding carboxylic acids is 1. The molecule has 0 heterocycles. The molecule has 3 rings (SSSR count). The molecule has 36 heavy (non-hydrogen) atoms. The van der Waals surface area contributed by atoms with E-state index in [-0.39, 0.29) is 22.8 Å². The molecular formula is C23H18ClFN4O7. The molecule has 186 valence electrons. The van der Waals surface area contributed by atoms with Crippen molar-refractivity contribution in [3.8, 4) is 11.5 Å². The van der Waals surface area contributed by atoms with E-state index in [0.717, 1.165) is 18.2 Å². The molecule has 0 atom stereocenters. The molecule has 1 N–H and O–H groups in total. The van der Waals surface area contributed by atoms with Crippen LogP contribution in [0.2, 0.25) is 5.02 Å². The third-order valence-corrected chi connectivity index (χ3v) is 5.02. The third-order valence-electron chi connectivity index (χ3n) is 4.67. The molecule has 0 fully saturated rings. The van der Waals surface area contributed by atoms with Crippen LogP contribution in [0.5, 0.6) is 11.5 Å². The van der Waals surface area contributed by atoms with Crippen LogP contribution in [0.1, 0.15) is 28.4 Å². The lowest BCUT2D eigenvalue weighted by molar-refractivity contribution is -0.394. The Bertz CT molecular complexity index is 1300. The van der Waals surface area contributed by atoms with Crippen LogP contribution >= 0.6 is 11.6 Å². The standard InChI is InChI=1S/C23H18ClFN4O7/c1-2-35-22-8-14(6-7-21(22)36-13-18-19(24)4-3-5-20(18)25)12-26-27-23(30)15-9-16(28(31)32)11-17(10-15)29(33)34/h3-12H,2,13H2,1H3,(H,27,30)/b26-12-. The van der Waals surface area contributed by atoms with Crippen LogP contribution in [0.3, 0.4) is 0 Å². The Morgan fingerprint density at radius 2 is 1.75 bits per heavy atom. The highest BCUT2D eigenvalue weighted by molar-refractivity contribution is 6.31. The zero-order valence-electron chi connectivity index (χ0n) is 18.6. The SMILES string of the molecule is CCOc1cc(/C=N\NC(=O)c2cc([N+](=O)[O-])cc([N+](=O)[O-])c2)ccc1OCc1c(F)cccc1Cl. The van der Waals surface area contributed by atoms with E-state index in [4.69, 9.17) is 21.1 Å². The van der Waals surface area contributed by atoms with Gasteiger partial charge in [-0.25, -0.2) is 9.82 Å². The number of hydrogen-bond donors (Lipinski definition) is 1. The number of amides is 1. The summed E-state index contributed by atoms with van der Waals surface area (Å²) >= 11 is 6.03. The summed E-state index contributed by atoms with van der Waals surface area (Å²) in [5, 5.41) is 26.0. The summed E-state index contributed by atoms with van der Waals surface area (Å²) in [4.78, 5) is 32.6. The van der Waals surface area contributed by atoms with Crippen LogP contribution in [0, 0.1) is 26.0 Å². The van der Waals surface area contributed by atoms with Crippen LogP contribution in [0.25, 0.3) is 0 Å². The van der Waals surface area contributed by atoms with Crippen LogP contribution in [-0.4, -0.2) is 28.6 Å². The molecule has 0 unspecified atom stereocenters. The molecule has 0 aliphatic carbocycles. The van der Waals surface area contributed by atoms with Gasteiger partial charge in [0.1, 0.15) is 12.4 Å². The third kappa shape index (κ3) is 6.51. The second-order valence-corrected chi connectivity index (χ2v) is 7.49. The van der Waals surface area contributed by atoms with Gasteiger partial charge in [-0.1, -0.05) is 17.7 Å². The smallest absolute Gasteiger partial charge is 0.277 e. The van der Waals surface area contributed by atoms with E-state index in [2.05, 4.69) is 10.5 Å². The average molecular weight is 517 g/mol. The molecule has 0 saturated carbocycles. The van der Waals surface area contributed by atoms with E-state index < -0.39 is 32.9 Å². The van der Waals surface area contributed by atoms with Gasteiger partial charge in [0, 0.05) is 17.7 Å². The minimum atomic E-state index is -0.884. The van der Waals surface area contributed by atoms with Gasteiger partial charge in [-0.15, -0.1) is 0 Å². The van der Waals surface area contributed by atoms with Gasteiger partial charge in [-0.05, 0) is 42.8 Å². The molecule has 0 saturated heterocycles. The van der Waals surface area contributed by atoms with Crippen molar-refractivity contribution in [2.45, 2.75) is 13.5 Å². The molecule has 0 spiro atoms. The second-order valence-electron chi connectivity index (χ2n) is 7.08. The number of hydrazone groups is 1. The van der Waals surface area contributed by atoms with Crippen molar-refractivity contribution in [1.29, 1.82) is 0 Å². The van der Waals surface area contributed by atoms with Crippen molar-refractivity contribution in [1.82, 2.24) is 5.43 Å². The van der Waals surface area contributed by atoms with E-state index in [1.54, 1.807) is 31.2 Å². The molecule has 0 aliphatic rings. The molecular weight excluding hydrogens is 499 g/mol. The number of nitro groups is 2. The topological polar surface area (TPSA) is 146 Å². The van der Waals surface area contributed by atoms with E-state index in [0.29, 0.717) is 23.7 Å². The molecule has 0 radical (unpaired) electrons. The summed E-state index contributed by atoms with van der Waals surface area (Å²) in [7, 11) is 0. The van der Waals surface area contributed by atoms with E-state index in [9.17, 15) is 29.4 Å². The molecule has 3 aromatic rings. The quantitative estimate of drug-likeness (QED) is 0.225. The molecule has 0 aliphatic heterocycles. The Labute approximate surface area is 208 Å². The first-order chi connectivity index (χ1) is 17.2. The van der Waals surface area contributed by atoms with Gasteiger partial charge in [-0.3, -0.25) is 25.0 Å². The maximum absolute atomic E-state index is 14.0. The number of non-ortho nitro benzene ring substituents is 2. The normalized spacial score (nSPS) is 10.8. The summed E-state index contributed by atoms with van der Waals surface area (Å²) in [5.41, 5.74) is 1.32. The van der Waals surface area contributed by atoms with Gasteiger partial charge in [0.25, 0.3) is 17.3 Å². The first kappa shape index (κ1) is 26.0. The van der Waals surface area contributed by atoms with Gasteiger partial charge >= 0.3 is 0 Å².